The molecule has 1 amide bonds. The molecule has 1 aromatic heterocycles. The second-order valence-electron chi connectivity index (χ2n) is 4.78. The van der Waals surface area contributed by atoms with E-state index in [1.54, 1.807) is 24.5 Å². The maximum Gasteiger partial charge on any atom is 0.255 e. The van der Waals surface area contributed by atoms with Crippen LogP contribution in [0.2, 0.25) is 0 Å². The topological polar surface area (TPSA) is 66.4 Å². The molecular weight excluding hydrogens is 264 g/mol. The van der Waals surface area contributed by atoms with Crippen molar-refractivity contribution < 1.29 is 4.79 Å². The summed E-state index contributed by atoms with van der Waals surface area (Å²) in [5.74, 6) is 0.745. The van der Waals surface area contributed by atoms with E-state index >= 15 is 0 Å². The van der Waals surface area contributed by atoms with Crippen LogP contribution in [0.5, 0.6) is 0 Å². The Hall–Kier alpha value is -2.69. The fourth-order valence-electron chi connectivity index (χ4n) is 2.18. The Morgan fingerprint density at radius 3 is 2.81 bits per heavy atom. The van der Waals surface area contributed by atoms with Crippen LogP contribution in [0.4, 0.5) is 5.69 Å². The molecule has 2 heterocycles. The van der Waals surface area contributed by atoms with E-state index in [4.69, 9.17) is 0 Å². The van der Waals surface area contributed by atoms with Gasteiger partial charge in [0, 0.05) is 42.3 Å². The number of anilines is 1. The molecule has 5 nitrogen and oxygen atoms in total. The Balaban J connectivity index is 1.77. The number of nitrogens with zero attached hydrogens (tertiary/aromatic N) is 2. The molecule has 0 spiro atoms. The molecule has 1 aromatic carbocycles. The molecule has 0 radical (unpaired) electrons. The predicted molar refractivity (Wildman–Crippen MR) is 82.7 cm³/mol. The zero-order valence-corrected chi connectivity index (χ0v) is 11.5. The average molecular weight is 280 g/mol. The number of amides is 1. The van der Waals surface area contributed by atoms with Crippen molar-refractivity contribution >= 4 is 17.4 Å². The van der Waals surface area contributed by atoms with E-state index in [0.717, 1.165) is 36.6 Å². The van der Waals surface area contributed by atoms with Crippen LogP contribution >= 0.6 is 0 Å². The number of aromatic nitrogens is 1. The molecule has 0 fully saturated rings. The summed E-state index contributed by atoms with van der Waals surface area (Å²) in [5, 5.41) is 6.16. The number of carbonyl (C=O) groups excluding carboxylic acids is 1. The molecule has 0 unspecified atom stereocenters. The predicted octanol–water partition coefficient (Wildman–Crippen LogP) is 2.07. The normalized spacial score (nSPS) is 14.0. The smallest absolute Gasteiger partial charge is 0.255 e. The Bertz CT molecular complexity index is 667. The summed E-state index contributed by atoms with van der Waals surface area (Å²) in [6, 6.07) is 11.1. The highest BCUT2D eigenvalue weighted by Crippen LogP contribution is 2.13. The number of benzene rings is 1. The molecule has 0 saturated heterocycles. The lowest BCUT2D eigenvalue weighted by atomic mass is 10.1. The van der Waals surface area contributed by atoms with Gasteiger partial charge in [-0.05, 0) is 30.7 Å². The molecule has 1 aliphatic rings. The Morgan fingerprint density at radius 2 is 2.05 bits per heavy atom. The van der Waals surface area contributed by atoms with Gasteiger partial charge in [-0.25, -0.2) is 0 Å². The summed E-state index contributed by atoms with van der Waals surface area (Å²) < 4.78 is 0. The lowest BCUT2D eigenvalue weighted by Gasteiger charge is -2.15. The molecular formula is C16H16N4O. The van der Waals surface area contributed by atoms with Crippen molar-refractivity contribution in [3.63, 3.8) is 0 Å². The maximum absolute atomic E-state index is 12.1. The first-order valence-electron chi connectivity index (χ1n) is 6.93. The van der Waals surface area contributed by atoms with Crippen molar-refractivity contribution in [1.82, 2.24) is 10.3 Å². The fraction of sp³-hybridized carbons (Fsp3) is 0.188. The number of nitrogens with one attached hydrogen (secondary N) is 2. The number of amidine groups is 1. The van der Waals surface area contributed by atoms with Crippen LogP contribution < -0.4 is 10.6 Å². The second kappa shape index (κ2) is 6.17. The van der Waals surface area contributed by atoms with Gasteiger partial charge in [0.15, 0.2) is 0 Å². The minimum Gasteiger partial charge on any atom is -0.370 e. The van der Waals surface area contributed by atoms with E-state index in [0.29, 0.717) is 5.56 Å². The van der Waals surface area contributed by atoms with Crippen LogP contribution in [0.3, 0.4) is 0 Å². The number of carbonyl (C=O) groups is 1. The van der Waals surface area contributed by atoms with Gasteiger partial charge in [-0.1, -0.05) is 12.1 Å². The lowest BCUT2D eigenvalue weighted by molar-refractivity contribution is 0.102. The summed E-state index contributed by atoms with van der Waals surface area (Å²) in [4.78, 5) is 20.5. The van der Waals surface area contributed by atoms with Crippen LogP contribution in [0.1, 0.15) is 22.3 Å². The largest absolute Gasteiger partial charge is 0.370 e. The molecule has 106 valence electrons. The van der Waals surface area contributed by atoms with Crippen molar-refractivity contribution in [3.05, 3.63) is 59.9 Å². The third-order valence-corrected chi connectivity index (χ3v) is 3.23. The van der Waals surface area contributed by atoms with Crippen LogP contribution in [0, 0.1) is 0 Å². The van der Waals surface area contributed by atoms with Gasteiger partial charge in [-0.2, -0.15) is 0 Å². The monoisotopic (exact) mass is 280 g/mol. The summed E-state index contributed by atoms with van der Waals surface area (Å²) >= 11 is 0. The lowest BCUT2D eigenvalue weighted by Crippen LogP contribution is -2.30. The third-order valence-electron chi connectivity index (χ3n) is 3.23. The standard InChI is InChI=1S/C16H16N4O/c21-16(12-5-9-17-10-6-12)20-14-4-1-3-13(11-14)15-18-7-2-8-19-15/h1,3-6,9-11H,2,7-8H2,(H,18,19)(H,20,21). The summed E-state index contributed by atoms with van der Waals surface area (Å²) in [5.41, 5.74) is 2.33. The molecule has 2 N–H and O–H groups in total. The zero-order valence-electron chi connectivity index (χ0n) is 11.5. The van der Waals surface area contributed by atoms with Crippen molar-refractivity contribution in [1.29, 1.82) is 0 Å². The van der Waals surface area contributed by atoms with Crippen molar-refractivity contribution in [2.45, 2.75) is 6.42 Å². The highest BCUT2D eigenvalue weighted by Gasteiger charge is 2.09. The van der Waals surface area contributed by atoms with E-state index in [-0.39, 0.29) is 5.91 Å². The first kappa shape index (κ1) is 13.3. The molecule has 3 rings (SSSR count). The van der Waals surface area contributed by atoms with Crippen molar-refractivity contribution in [3.8, 4) is 0 Å². The van der Waals surface area contributed by atoms with Gasteiger partial charge in [0.1, 0.15) is 5.84 Å². The number of pyridine rings is 1. The first-order valence-corrected chi connectivity index (χ1v) is 6.93. The van der Waals surface area contributed by atoms with Gasteiger partial charge in [0.2, 0.25) is 0 Å². The van der Waals surface area contributed by atoms with Gasteiger partial charge in [-0.15, -0.1) is 0 Å². The summed E-state index contributed by atoms with van der Waals surface area (Å²) in [6.07, 6.45) is 4.26. The van der Waals surface area contributed by atoms with E-state index in [1.165, 1.54) is 0 Å². The Morgan fingerprint density at radius 1 is 1.19 bits per heavy atom. The van der Waals surface area contributed by atoms with Crippen LogP contribution in [0.15, 0.2) is 53.8 Å². The number of rotatable bonds is 3. The van der Waals surface area contributed by atoms with Crippen LogP contribution in [-0.4, -0.2) is 29.8 Å². The number of hydrogen-bond donors (Lipinski definition) is 2. The van der Waals surface area contributed by atoms with Gasteiger partial charge in [-0.3, -0.25) is 14.8 Å². The van der Waals surface area contributed by atoms with Crippen molar-refractivity contribution in [2.75, 3.05) is 18.4 Å². The molecule has 21 heavy (non-hydrogen) atoms. The molecule has 2 aromatic rings. The third kappa shape index (κ3) is 3.25. The highest BCUT2D eigenvalue weighted by molar-refractivity contribution is 6.05. The SMILES string of the molecule is O=C(Nc1cccc(C2=NCCCN2)c1)c1ccncc1. The molecule has 0 atom stereocenters. The second-order valence-corrected chi connectivity index (χ2v) is 4.78. The number of aliphatic imine (C=N–C) groups is 1. The number of hydrogen-bond acceptors (Lipinski definition) is 4. The van der Waals surface area contributed by atoms with Gasteiger partial charge in [0.25, 0.3) is 5.91 Å². The van der Waals surface area contributed by atoms with Gasteiger partial charge >= 0.3 is 0 Å². The van der Waals surface area contributed by atoms with E-state index in [1.807, 2.05) is 24.3 Å². The van der Waals surface area contributed by atoms with Gasteiger partial charge in [0.05, 0.1) is 0 Å². The summed E-state index contributed by atoms with van der Waals surface area (Å²) in [7, 11) is 0. The quantitative estimate of drug-likeness (QED) is 0.904. The molecule has 5 heteroatoms. The minimum atomic E-state index is -0.145. The zero-order chi connectivity index (χ0) is 14.5. The average Bonchev–Trinajstić information content (AvgIpc) is 2.57. The van der Waals surface area contributed by atoms with Crippen LogP contribution in [-0.2, 0) is 0 Å². The van der Waals surface area contributed by atoms with E-state index in [2.05, 4.69) is 20.6 Å². The molecule has 1 aliphatic heterocycles. The molecule has 0 saturated carbocycles. The maximum atomic E-state index is 12.1. The molecule has 0 bridgehead atoms. The van der Waals surface area contributed by atoms with Crippen molar-refractivity contribution in [2.24, 2.45) is 4.99 Å². The summed E-state index contributed by atoms with van der Waals surface area (Å²) in [6.45, 7) is 1.78. The van der Waals surface area contributed by atoms with E-state index in [9.17, 15) is 4.79 Å². The first-order chi connectivity index (χ1) is 10.3. The Labute approximate surface area is 123 Å². The molecule has 0 aliphatic carbocycles. The van der Waals surface area contributed by atoms with Crippen LogP contribution in [0.25, 0.3) is 0 Å². The highest BCUT2D eigenvalue weighted by atomic mass is 16.1. The minimum absolute atomic E-state index is 0.145. The van der Waals surface area contributed by atoms with Gasteiger partial charge < -0.3 is 10.6 Å². The fourth-order valence-corrected chi connectivity index (χ4v) is 2.18. The Kier molecular flexibility index (Phi) is 3.91. The van der Waals surface area contributed by atoms with E-state index < -0.39 is 0 Å².